The third kappa shape index (κ3) is 2.69. The SMILES string of the molecule is CCNS(=O)(=O)c1cc(Cl)ccc1C#N. The number of benzene rings is 1. The summed E-state index contributed by atoms with van der Waals surface area (Å²) in [5, 5.41) is 9.04. The Morgan fingerprint density at radius 2 is 2.20 bits per heavy atom. The quantitative estimate of drug-likeness (QED) is 0.876. The van der Waals surface area contributed by atoms with E-state index in [1.807, 2.05) is 6.07 Å². The maximum atomic E-state index is 11.6. The summed E-state index contributed by atoms with van der Waals surface area (Å²) in [6.07, 6.45) is 0. The first kappa shape index (κ1) is 12.0. The summed E-state index contributed by atoms with van der Waals surface area (Å²) >= 11 is 5.68. The standard InChI is InChI=1S/C9H9ClN2O2S/c1-2-12-15(13,14)9-5-8(10)4-3-7(9)6-11/h3-5,12H,2H2,1H3. The first-order valence-corrected chi connectivity index (χ1v) is 6.06. The molecule has 0 unspecified atom stereocenters. The van der Waals surface area contributed by atoms with E-state index in [1.54, 1.807) is 6.92 Å². The Labute approximate surface area is 93.5 Å². The predicted molar refractivity (Wildman–Crippen MR) is 57.0 cm³/mol. The Bertz CT molecular complexity index is 505. The lowest BCUT2D eigenvalue weighted by atomic mass is 10.2. The first-order valence-electron chi connectivity index (χ1n) is 4.20. The van der Waals surface area contributed by atoms with Gasteiger partial charge in [0.2, 0.25) is 10.0 Å². The molecular weight excluding hydrogens is 236 g/mol. The first-order chi connectivity index (χ1) is 7.01. The monoisotopic (exact) mass is 244 g/mol. The van der Waals surface area contributed by atoms with Crippen LogP contribution >= 0.6 is 11.6 Å². The number of nitrogens with zero attached hydrogens (tertiary/aromatic N) is 1. The zero-order valence-electron chi connectivity index (χ0n) is 7.99. The van der Waals surface area contributed by atoms with Crippen molar-refractivity contribution in [3.63, 3.8) is 0 Å². The smallest absolute Gasteiger partial charge is 0.211 e. The summed E-state index contributed by atoms with van der Waals surface area (Å²) in [4.78, 5) is -0.0839. The van der Waals surface area contributed by atoms with Gasteiger partial charge in [0, 0.05) is 11.6 Å². The van der Waals surface area contributed by atoms with E-state index in [0.717, 1.165) is 0 Å². The molecule has 4 nitrogen and oxygen atoms in total. The Morgan fingerprint density at radius 3 is 2.73 bits per heavy atom. The summed E-state index contributed by atoms with van der Waals surface area (Å²) in [6, 6.07) is 5.93. The van der Waals surface area contributed by atoms with Crippen molar-refractivity contribution in [3.8, 4) is 6.07 Å². The van der Waals surface area contributed by atoms with Crippen molar-refractivity contribution in [1.29, 1.82) is 5.26 Å². The van der Waals surface area contributed by atoms with Crippen LogP contribution < -0.4 is 4.72 Å². The number of nitrogens with one attached hydrogen (secondary N) is 1. The Kier molecular flexibility index (Phi) is 3.69. The second-order valence-electron chi connectivity index (χ2n) is 2.75. The van der Waals surface area contributed by atoms with Crippen molar-refractivity contribution in [3.05, 3.63) is 28.8 Å². The largest absolute Gasteiger partial charge is 0.241 e. The van der Waals surface area contributed by atoms with Gasteiger partial charge >= 0.3 is 0 Å². The summed E-state index contributed by atoms with van der Waals surface area (Å²) in [6.45, 7) is 1.92. The lowest BCUT2D eigenvalue weighted by Crippen LogP contribution is -2.23. The molecule has 0 bridgehead atoms. The molecule has 6 heteroatoms. The van der Waals surface area contributed by atoms with Crippen molar-refractivity contribution in [2.75, 3.05) is 6.54 Å². The van der Waals surface area contributed by atoms with Crippen molar-refractivity contribution in [1.82, 2.24) is 4.72 Å². The molecule has 0 heterocycles. The topological polar surface area (TPSA) is 70.0 Å². The van der Waals surface area contributed by atoms with E-state index in [1.165, 1.54) is 18.2 Å². The Morgan fingerprint density at radius 1 is 1.53 bits per heavy atom. The highest BCUT2D eigenvalue weighted by molar-refractivity contribution is 7.89. The van der Waals surface area contributed by atoms with Crippen LogP contribution in [0, 0.1) is 11.3 Å². The van der Waals surface area contributed by atoms with Crippen LogP contribution in [0.3, 0.4) is 0 Å². The van der Waals surface area contributed by atoms with E-state index in [0.29, 0.717) is 0 Å². The van der Waals surface area contributed by atoms with Gasteiger partial charge in [-0.3, -0.25) is 0 Å². The van der Waals surface area contributed by atoms with E-state index in [2.05, 4.69) is 4.72 Å². The summed E-state index contributed by atoms with van der Waals surface area (Å²) in [7, 11) is -3.63. The molecule has 0 atom stereocenters. The Balaban J connectivity index is 3.37. The molecule has 0 spiro atoms. The molecule has 0 aliphatic heterocycles. The molecule has 1 aromatic carbocycles. The predicted octanol–water partition coefficient (Wildman–Crippen LogP) is 1.51. The number of hydrogen-bond donors (Lipinski definition) is 1. The molecule has 0 fully saturated rings. The van der Waals surface area contributed by atoms with E-state index in [9.17, 15) is 8.42 Å². The molecule has 1 rings (SSSR count). The van der Waals surface area contributed by atoms with Crippen LogP contribution in [0.1, 0.15) is 12.5 Å². The van der Waals surface area contributed by atoms with Gasteiger partial charge in [-0.05, 0) is 18.2 Å². The summed E-state index contributed by atoms with van der Waals surface area (Å²) in [5.74, 6) is 0. The van der Waals surface area contributed by atoms with Gasteiger partial charge in [0.1, 0.15) is 11.0 Å². The number of nitriles is 1. The second kappa shape index (κ2) is 4.62. The van der Waals surface area contributed by atoms with Crippen LogP contribution in [0.4, 0.5) is 0 Å². The highest BCUT2D eigenvalue weighted by Gasteiger charge is 2.17. The van der Waals surface area contributed by atoms with Gasteiger partial charge in [-0.15, -0.1) is 0 Å². The number of hydrogen-bond acceptors (Lipinski definition) is 3. The minimum Gasteiger partial charge on any atom is -0.211 e. The highest BCUT2D eigenvalue weighted by atomic mass is 35.5. The molecule has 0 saturated carbocycles. The molecule has 15 heavy (non-hydrogen) atoms. The fourth-order valence-corrected chi connectivity index (χ4v) is 2.54. The van der Waals surface area contributed by atoms with Crippen molar-refractivity contribution < 1.29 is 8.42 Å². The second-order valence-corrected chi connectivity index (χ2v) is 4.93. The number of sulfonamides is 1. The number of rotatable bonds is 3. The zero-order chi connectivity index (χ0) is 11.5. The molecule has 0 aromatic heterocycles. The maximum absolute atomic E-state index is 11.6. The van der Waals surface area contributed by atoms with Crippen LogP contribution in [0.25, 0.3) is 0 Å². The van der Waals surface area contributed by atoms with E-state index < -0.39 is 10.0 Å². The highest BCUT2D eigenvalue weighted by Crippen LogP contribution is 2.19. The van der Waals surface area contributed by atoms with Crippen molar-refractivity contribution in [2.45, 2.75) is 11.8 Å². The van der Waals surface area contributed by atoms with Gasteiger partial charge in [0.25, 0.3) is 0 Å². The van der Waals surface area contributed by atoms with Gasteiger partial charge in [-0.2, -0.15) is 5.26 Å². The molecule has 1 N–H and O–H groups in total. The summed E-state index contributed by atoms with van der Waals surface area (Å²) in [5.41, 5.74) is 0.0837. The summed E-state index contributed by atoms with van der Waals surface area (Å²) < 4.78 is 25.6. The van der Waals surface area contributed by atoms with Gasteiger partial charge < -0.3 is 0 Å². The molecule has 0 saturated heterocycles. The van der Waals surface area contributed by atoms with Crippen molar-refractivity contribution in [2.24, 2.45) is 0 Å². The van der Waals surface area contributed by atoms with E-state index in [-0.39, 0.29) is 22.0 Å². The third-order valence-electron chi connectivity index (χ3n) is 1.69. The van der Waals surface area contributed by atoms with Gasteiger partial charge in [-0.25, -0.2) is 13.1 Å². The van der Waals surface area contributed by atoms with Gasteiger partial charge in [-0.1, -0.05) is 18.5 Å². The lowest BCUT2D eigenvalue weighted by Gasteiger charge is -2.06. The molecule has 80 valence electrons. The normalized spacial score (nSPS) is 11.0. The van der Waals surface area contributed by atoms with Crippen LogP contribution in [0.15, 0.2) is 23.1 Å². The Hall–Kier alpha value is -1.09. The van der Waals surface area contributed by atoms with Crippen LogP contribution in [-0.2, 0) is 10.0 Å². The van der Waals surface area contributed by atoms with Gasteiger partial charge in [0.15, 0.2) is 0 Å². The molecule has 0 amide bonds. The van der Waals surface area contributed by atoms with Gasteiger partial charge in [0.05, 0.1) is 5.56 Å². The average Bonchev–Trinajstić information content (AvgIpc) is 2.17. The molecule has 0 radical (unpaired) electrons. The minimum atomic E-state index is -3.63. The maximum Gasteiger partial charge on any atom is 0.241 e. The number of halogens is 1. The van der Waals surface area contributed by atoms with Crippen LogP contribution in [0.2, 0.25) is 5.02 Å². The lowest BCUT2D eigenvalue weighted by molar-refractivity contribution is 0.583. The fourth-order valence-electron chi connectivity index (χ4n) is 1.08. The molecule has 0 aliphatic carbocycles. The molecule has 1 aromatic rings. The average molecular weight is 245 g/mol. The van der Waals surface area contributed by atoms with E-state index >= 15 is 0 Å². The zero-order valence-corrected chi connectivity index (χ0v) is 9.56. The van der Waals surface area contributed by atoms with E-state index in [4.69, 9.17) is 16.9 Å². The fraction of sp³-hybridized carbons (Fsp3) is 0.222. The molecule has 0 aliphatic rings. The van der Waals surface area contributed by atoms with Crippen molar-refractivity contribution >= 4 is 21.6 Å². The third-order valence-corrected chi connectivity index (χ3v) is 3.51. The minimum absolute atomic E-state index is 0.0837. The van der Waals surface area contributed by atoms with Crippen LogP contribution in [-0.4, -0.2) is 15.0 Å². The molecular formula is C9H9ClN2O2S. The van der Waals surface area contributed by atoms with Crippen LogP contribution in [0.5, 0.6) is 0 Å².